The van der Waals surface area contributed by atoms with E-state index in [1.54, 1.807) is 12.5 Å². The highest BCUT2D eigenvalue weighted by atomic mass is 16.1. The SMILES string of the molecule is CC(C)(C)NCCC(=O)Nc1ccc(-c2cnc[nH]2)cc1. The third kappa shape index (κ3) is 5.04. The molecule has 0 aliphatic rings. The van der Waals surface area contributed by atoms with Crippen molar-refractivity contribution >= 4 is 11.6 Å². The molecule has 0 atom stereocenters. The molecule has 2 rings (SSSR count). The second kappa shape index (κ2) is 6.54. The maximum Gasteiger partial charge on any atom is 0.225 e. The number of benzene rings is 1. The lowest BCUT2D eigenvalue weighted by Gasteiger charge is -2.20. The monoisotopic (exact) mass is 286 g/mol. The number of anilines is 1. The molecule has 0 aliphatic carbocycles. The lowest BCUT2D eigenvalue weighted by molar-refractivity contribution is -0.116. The van der Waals surface area contributed by atoms with Gasteiger partial charge in [0.2, 0.25) is 5.91 Å². The van der Waals surface area contributed by atoms with Crippen molar-refractivity contribution in [1.29, 1.82) is 0 Å². The van der Waals surface area contributed by atoms with E-state index in [9.17, 15) is 4.79 Å². The molecule has 21 heavy (non-hydrogen) atoms. The molecular weight excluding hydrogens is 264 g/mol. The van der Waals surface area contributed by atoms with Crippen molar-refractivity contribution in [3.63, 3.8) is 0 Å². The van der Waals surface area contributed by atoms with Gasteiger partial charge in [-0.15, -0.1) is 0 Å². The van der Waals surface area contributed by atoms with Crippen LogP contribution >= 0.6 is 0 Å². The van der Waals surface area contributed by atoms with Crippen molar-refractivity contribution in [2.24, 2.45) is 0 Å². The van der Waals surface area contributed by atoms with Crippen LogP contribution in [0.1, 0.15) is 27.2 Å². The average molecular weight is 286 g/mol. The van der Waals surface area contributed by atoms with E-state index in [0.717, 1.165) is 16.9 Å². The minimum absolute atomic E-state index is 0.0149. The number of carbonyl (C=O) groups is 1. The van der Waals surface area contributed by atoms with Crippen molar-refractivity contribution in [3.05, 3.63) is 36.8 Å². The molecule has 112 valence electrons. The van der Waals surface area contributed by atoms with Gasteiger partial charge in [-0.3, -0.25) is 4.79 Å². The summed E-state index contributed by atoms with van der Waals surface area (Å²) in [6.45, 7) is 6.92. The highest BCUT2D eigenvalue weighted by Gasteiger charge is 2.09. The number of nitrogens with one attached hydrogen (secondary N) is 3. The Morgan fingerprint density at radius 2 is 1.95 bits per heavy atom. The molecule has 1 amide bonds. The Kier molecular flexibility index (Phi) is 4.75. The van der Waals surface area contributed by atoms with Crippen molar-refractivity contribution in [3.8, 4) is 11.3 Å². The number of imidazole rings is 1. The predicted molar refractivity (Wildman–Crippen MR) is 85.0 cm³/mol. The summed E-state index contributed by atoms with van der Waals surface area (Å²) < 4.78 is 0. The maximum atomic E-state index is 11.8. The van der Waals surface area contributed by atoms with E-state index in [-0.39, 0.29) is 11.4 Å². The third-order valence-electron chi connectivity index (χ3n) is 2.99. The van der Waals surface area contributed by atoms with E-state index in [4.69, 9.17) is 0 Å². The average Bonchev–Trinajstić information content (AvgIpc) is 2.92. The Morgan fingerprint density at radius 3 is 2.52 bits per heavy atom. The molecule has 0 bridgehead atoms. The summed E-state index contributed by atoms with van der Waals surface area (Å²) in [5.41, 5.74) is 2.84. The summed E-state index contributed by atoms with van der Waals surface area (Å²) in [7, 11) is 0. The zero-order chi connectivity index (χ0) is 15.3. The third-order valence-corrected chi connectivity index (χ3v) is 2.99. The molecule has 1 aromatic heterocycles. The van der Waals surface area contributed by atoms with Gasteiger partial charge in [-0.05, 0) is 38.5 Å². The van der Waals surface area contributed by atoms with Crippen LogP contribution in [0.4, 0.5) is 5.69 Å². The molecule has 0 aliphatic heterocycles. The highest BCUT2D eigenvalue weighted by Crippen LogP contribution is 2.18. The lowest BCUT2D eigenvalue weighted by atomic mass is 10.1. The number of rotatable bonds is 5. The van der Waals surface area contributed by atoms with Crippen LogP contribution < -0.4 is 10.6 Å². The number of amides is 1. The van der Waals surface area contributed by atoms with E-state index in [0.29, 0.717) is 13.0 Å². The number of nitrogens with zero attached hydrogens (tertiary/aromatic N) is 1. The summed E-state index contributed by atoms with van der Waals surface area (Å²) in [6, 6.07) is 7.70. The first-order chi connectivity index (χ1) is 9.94. The molecule has 5 nitrogen and oxygen atoms in total. The molecule has 0 radical (unpaired) electrons. The number of carbonyl (C=O) groups excluding carboxylic acids is 1. The van der Waals surface area contributed by atoms with Gasteiger partial charge in [-0.2, -0.15) is 0 Å². The van der Waals surface area contributed by atoms with Crippen LogP contribution in [-0.2, 0) is 4.79 Å². The number of hydrogen-bond donors (Lipinski definition) is 3. The molecule has 3 N–H and O–H groups in total. The molecule has 1 heterocycles. The van der Waals surface area contributed by atoms with Crippen molar-refractivity contribution in [2.75, 3.05) is 11.9 Å². The molecule has 1 aromatic carbocycles. The fourth-order valence-corrected chi connectivity index (χ4v) is 1.92. The molecule has 0 saturated carbocycles. The minimum atomic E-state index is 0.0149. The van der Waals surface area contributed by atoms with Crippen molar-refractivity contribution in [1.82, 2.24) is 15.3 Å². The fourth-order valence-electron chi connectivity index (χ4n) is 1.92. The molecule has 0 unspecified atom stereocenters. The van der Waals surface area contributed by atoms with Crippen LogP contribution in [0.25, 0.3) is 11.3 Å². The summed E-state index contributed by atoms with van der Waals surface area (Å²) in [6.07, 6.45) is 3.87. The van der Waals surface area contributed by atoms with Gasteiger partial charge in [0.1, 0.15) is 0 Å². The predicted octanol–water partition coefficient (Wildman–Crippen LogP) is 2.79. The van der Waals surface area contributed by atoms with Gasteiger partial charge < -0.3 is 15.6 Å². The molecule has 5 heteroatoms. The van der Waals surface area contributed by atoms with Crippen molar-refractivity contribution in [2.45, 2.75) is 32.7 Å². The van der Waals surface area contributed by atoms with E-state index in [1.807, 2.05) is 24.3 Å². The molecule has 0 fully saturated rings. The van der Waals surface area contributed by atoms with Crippen LogP contribution in [0, 0.1) is 0 Å². The smallest absolute Gasteiger partial charge is 0.225 e. The Bertz CT molecular complexity index is 567. The molecular formula is C16H22N4O. The van der Waals surface area contributed by atoms with E-state index < -0.39 is 0 Å². The van der Waals surface area contributed by atoms with Crippen LogP contribution in [0.3, 0.4) is 0 Å². The van der Waals surface area contributed by atoms with Gasteiger partial charge in [-0.1, -0.05) is 12.1 Å². The van der Waals surface area contributed by atoms with Crippen LogP contribution in [0.15, 0.2) is 36.8 Å². The highest BCUT2D eigenvalue weighted by molar-refractivity contribution is 5.91. The molecule has 2 aromatic rings. The lowest BCUT2D eigenvalue weighted by Crippen LogP contribution is -2.37. The summed E-state index contributed by atoms with van der Waals surface area (Å²) in [5.74, 6) is 0.0149. The zero-order valence-electron chi connectivity index (χ0n) is 12.7. The minimum Gasteiger partial charge on any atom is -0.345 e. The van der Waals surface area contributed by atoms with Gasteiger partial charge in [0.25, 0.3) is 0 Å². The van der Waals surface area contributed by atoms with E-state index >= 15 is 0 Å². The number of aromatic nitrogens is 2. The Labute approximate surface area is 125 Å². The zero-order valence-corrected chi connectivity index (χ0v) is 12.7. The normalized spacial score (nSPS) is 11.4. The Morgan fingerprint density at radius 1 is 1.24 bits per heavy atom. The number of H-pyrrole nitrogens is 1. The first kappa shape index (κ1) is 15.3. The Balaban J connectivity index is 1.84. The summed E-state index contributed by atoms with van der Waals surface area (Å²) in [5, 5.41) is 6.19. The van der Waals surface area contributed by atoms with E-state index in [1.165, 1.54) is 0 Å². The topological polar surface area (TPSA) is 69.8 Å². The molecule has 0 spiro atoms. The quantitative estimate of drug-likeness (QED) is 0.791. The Hall–Kier alpha value is -2.14. The van der Waals surface area contributed by atoms with Gasteiger partial charge in [-0.25, -0.2) is 4.98 Å². The second-order valence-electron chi connectivity index (χ2n) is 6.02. The van der Waals surface area contributed by atoms with Crippen LogP contribution in [0.2, 0.25) is 0 Å². The largest absolute Gasteiger partial charge is 0.345 e. The number of hydrogen-bond acceptors (Lipinski definition) is 3. The van der Waals surface area contributed by atoms with Crippen LogP contribution in [-0.4, -0.2) is 28.0 Å². The van der Waals surface area contributed by atoms with Crippen molar-refractivity contribution < 1.29 is 4.79 Å². The first-order valence-electron chi connectivity index (χ1n) is 7.08. The van der Waals surface area contributed by atoms with Gasteiger partial charge >= 0.3 is 0 Å². The van der Waals surface area contributed by atoms with E-state index in [2.05, 4.69) is 41.4 Å². The first-order valence-corrected chi connectivity index (χ1v) is 7.08. The summed E-state index contributed by atoms with van der Waals surface area (Å²) in [4.78, 5) is 18.9. The van der Waals surface area contributed by atoms with Gasteiger partial charge in [0.05, 0.1) is 18.2 Å². The second-order valence-corrected chi connectivity index (χ2v) is 6.02. The standard InChI is InChI=1S/C16H22N4O/c1-16(2,3)19-9-8-15(21)20-13-6-4-12(5-7-13)14-10-17-11-18-14/h4-7,10-11,19H,8-9H2,1-3H3,(H,17,18)(H,20,21). The molecule has 0 saturated heterocycles. The maximum absolute atomic E-state index is 11.8. The number of aromatic amines is 1. The van der Waals surface area contributed by atoms with Crippen LogP contribution in [0.5, 0.6) is 0 Å². The van der Waals surface area contributed by atoms with Gasteiger partial charge in [0.15, 0.2) is 0 Å². The fraction of sp³-hybridized carbons (Fsp3) is 0.375. The summed E-state index contributed by atoms with van der Waals surface area (Å²) >= 11 is 0. The van der Waals surface area contributed by atoms with Gasteiger partial charge in [0, 0.05) is 24.2 Å².